The first kappa shape index (κ1) is 9.49. The Labute approximate surface area is 63.7 Å². The van der Waals surface area contributed by atoms with Crippen LogP contribution in [0, 0.1) is 0 Å². The van der Waals surface area contributed by atoms with Crippen molar-refractivity contribution in [2.45, 2.75) is 0 Å². The summed E-state index contributed by atoms with van der Waals surface area (Å²) >= 11 is 0. The van der Waals surface area contributed by atoms with Crippen LogP contribution >= 0.6 is 0 Å². The van der Waals surface area contributed by atoms with Gasteiger partial charge < -0.3 is 17.2 Å². The molecule has 11 heavy (non-hydrogen) atoms. The summed E-state index contributed by atoms with van der Waals surface area (Å²) < 4.78 is 20.2. The van der Waals surface area contributed by atoms with Gasteiger partial charge in [0.15, 0.2) is 0 Å². The molecule has 0 saturated heterocycles. The standard InChI is InChI=1S/C2H7N5O3S/c3-1(4)6-7(2(5)8)11(9)10/h11H,(H2,5,8)(H4,3,4,6). The summed E-state index contributed by atoms with van der Waals surface area (Å²) in [6.07, 6.45) is 0. The molecule has 0 bridgehead atoms. The second-order valence-electron chi connectivity index (χ2n) is 1.39. The van der Waals surface area contributed by atoms with Gasteiger partial charge in [-0.05, 0) is 0 Å². The molecule has 0 heterocycles. The number of urea groups is 1. The lowest BCUT2D eigenvalue weighted by molar-refractivity contribution is 0.234. The van der Waals surface area contributed by atoms with Crippen LogP contribution in [0.4, 0.5) is 4.79 Å². The average Bonchev–Trinajstić information content (AvgIpc) is 1.81. The molecular weight excluding hydrogens is 174 g/mol. The van der Waals surface area contributed by atoms with Gasteiger partial charge in [0.05, 0.1) is 0 Å². The van der Waals surface area contributed by atoms with Crippen LogP contribution in [0.2, 0.25) is 0 Å². The minimum Gasteiger partial charge on any atom is -0.369 e. The van der Waals surface area contributed by atoms with E-state index in [9.17, 15) is 13.2 Å². The first-order chi connectivity index (χ1) is 4.95. The molecular formula is C2H7N5O3S. The van der Waals surface area contributed by atoms with E-state index < -0.39 is 22.9 Å². The van der Waals surface area contributed by atoms with Crippen LogP contribution in [-0.4, -0.2) is 24.8 Å². The quantitative estimate of drug-likeness (QED) is 0.156. The van der Waals surface area contributed by atoms with Gasteiger partial charge in [0.2, 0.25) is 16.8 Å². The van der Waals surface area contributed by atoms with Crippen molar-refractivity contribution < 1.29 is 13.2 Å². The second-order valence-corrected chi connectivity index (χ2v) is 2.24. The van der Waals surface area contributed by atoms with Crippen molar-refractivity contribution >= 4 is 22.9 Å². The van der Waals surface area contributed by atoms with Crippen molar-refractivity contribution in [1.29, 1.82) is 0 Å². The Morgan fingerprint density at radius 1 is 1.27 bits per heavy atom. The molecule has 0 aromatic heterocycles. The van der Waals surface area contributed by atoms with Gasteiger partial charge in [-0.15, -0.1) is 9.52 Å². The van der Waals surface area contributed by atoms with Gasteiger partial charge in [-0.25, -0.2) is 13.2 Å². The number of carbonyl (C=O) groups is 1. The van der Waals surface area contributed by atoms with Crippen molar-refractivity contribution in [1.82, 2.24) is 4.41 Å². The first-order valence-corrected chi connectivity index (χ1v) is 3.41. The molecule has 6 N–H and O–H groups in total. The van der Waals surface area contributed by atoms with Gasteiger partial charge in [-0.2, -0.15) is 0 Å². The SMILES string of the molecule is NC(=O)N(N=C(N)N)[SH](=O)=O. The molecule has 0 radical (unpaired) electrons. The second kappa shape index (κ2) is 3.61. The highest BCUT2D eigenvalue weighted by Gasteiger charge is 2.09. The largest absolute Gasteiger partial charge is 0.369 e. The van der Waals surface area contributed by atoms with Crippen LogP contribution in [0.5, 0.6) is 0 Å². The normalized spacial score (nSPS) is 9.18. The zero-order chi connectivity index (χ0) is 9.02. The smallest absolute Gasteiger partial charge is 0.349 e. The molecule has 0 aromatic rings. The predicted octanol–water partition coefficient (Wildman–Crippen LogP) is -2.92. The zero-order valence-corrected chi connectivity index (χ0v) is 6.19. The fraction of sp³-hybridized carbons (Fsp3) is 0. The lowest BCUT2D eigenvalue weighted by Crippen LogP contribution is -2.35. The van der Waals surface area contributed by atoms with Crippen molar-refractivity contribution in [2.24, 2.45) is 22.3 Å². The van der Waals surface area contributed by atoms with E-state index in [0.29, 0.717) is 0 Å². The summed E-state index contributed by atoms with van der Waals surface area (Å²) in [4.78, 5) is 10.2. The van der Waals surface area contributed by atoms with Gasteiger partial charge in [-0.3, -0.25) is 0 Å². The highest BCUT2D eigenvalue weighted by atomic mass is 32.2. The number of nitrogens with zero attached hydrogens (tertiary/aromatic N) is 2. The summed E-state index contributed by atoms with van der Waals surface area (Å²) in [5, 5.41) is 2.91. The molecule has 2 amide bonds. The number of rotatable bonds is 2. The summed E-state index contributed by atoms with van der Waals surface area (Å²) in [6.45, 7) is 0. The third-order valence-electron chi connectivity index (χ3n) is 0.562. The van der Waals surface area contributed by atoms with Gasteiger partial charge in [-0.1, -0.05) is 0 Å². The number of nitrogens with two attached hydrogens (primary N) is 3. The average molecular weight is 181 g/mol. The fourth-order valence-electron chi connectivity index (χ4n) is 0.276. The fourth-order valence-corrected chi connectivity index (χ4v) is 0.613. The lowest BCUT2D eigenvalue weighted by atomic mass is 11.1. The Bertz CT molecular complexity index is 244. The third-order valence-corrected chi connectivity index (χ3v) is 1.16. The number of hydrazone groups is 1. The zero-order valence-electron chi connectivity index (χ0n) is 5.30. The van der Waals surface area contributed by atoms with E-state index in [-0.39, 0.29) is 4.41 Å². The first-order valence-electron chi connectivity index (χ1n) is 2.28. The maximum absolute atomic E-state index is 10.2. The Balaban J connectivity index is 4.64. The van der Waals surface area contributed by atoms with Crippen LogP contribution < -0.4 is 17.2 Å². The molecule has 0 rings (SSSR count). The maximum atomic E-state index is 10.2. The summed E-state index contributed by atoms with van der Waals surface area (Å²) in [5.41, 5.74) is 14.1. The van der Waals surface area contributed by atoms with Crippen molar-refractivity contribution in [3.05, 3.63) is 0 Å². The van der Waals surface area contributed by atoms with E-state index in [2.05, 4.69) is 10.8 Å². The number of amides is 2. The van der Waals surface area contributed by atoms with Gasteiger partial charge in [0, 0.05) is 0 Å². The Morgan fingerprint density at radius 3 is 1.82 bits per heavy atom. The Morgan fingerprint density at radius 2 is 1.73 bits per heavy atom. The van der Waals surface area contributed by atoms with Crippen molar-refractivity contribution in [2.75, 3.05) is 0 Å². The van der Waals surface area contributed by atoms with Crippen LogP contribution in [0.3, 0.4) is 0 Å². The van der Waals surface area contributed by atoms with Gasteiger partial charge in [0.25, 0.3) is 0 Å². The van der Waals surface area contributed by atoms with Crippen LogP contribution in [0.15, 0.2) is 5.10 Å². The highest BCUT2D eigenvalue weighted by Crippen LogP contribution is 1.86. The summed E-state index contributed by atoms with van der Waals surface area (Å²) in [5.74, 6) is -0.567. The van der Waals surface area contributed by atoms with Crippen molar-refractivity contribution in [3.8, 4) is 0 Å². The lowest BCUT2D eigenvalue weighted by Gasteiger charge is -2.03. The van der Waals surface area contributed by atoms with E-state index in [0.717, 1.165) is 0 Å². The van der Waals surface area contributed by atoms with Gasteiger partial charge >= 0.3 is 6.03 Å². The molecule has 0 aromatic carbocycles. The van der Waals surface area contributed by atoms with Crippen LogP contribution in [-0.2, 0) is 10.9 Å². The van der Waals surface area contributed by atoms with Crippen LogP contribution in [0.1, 0.15) is 0 Å². The minimum absolute atomic E-state index is 0.0370. The van der Waals surface area contributed by atoms with E-state index >= 15 is 0 Å². The highest BCUT2D eigenvalue weighted by molar-refractivity contribution is 7.70. The predicted molar refractivity (Wildman–Crippen MR) is 37.5 cm³/mol. The Hall–Kier alpha value is -1.51. The molecule has 0 aliphatic heterocycles. The van der Waals surface area contributed by atoms with E-state index in [1.807, 2.05) is 0 Å². The molecule has 0 atom stereocenters. The molecule has 0 spiro atoms. The molecule has 0 fully saturated rings. The number of guanidine groups is 1. The number of carbonyl (C=O) groups excluding carboxylic acids is 1. The topological polar surface area (TPSA) is 145 Å². The maximum Gasteiger partial charge on any atom is 0.349 e. The number of hydrogen-bond acceptors (Lipinski definition) is 4. The van der Waals surface area contributed by atoms with Gasteiger partial charge in [0.1, 0.15) is 0 Å². The van der Waals surface area contributed by atoms with E-state index in [1.54, 1.807) is 0 Å². The summed E-state index contributed by atoms with van der Waals surface area (Å²) in [6, 6.07) is -1.27. The van der Waals surface area contributed by atoms with E-state index in [1.165, 1.54) is 0 Å². The molecule has 0 aliphatic rings. The molecule has 8 nitrogen and oxygen atoms in total. The van der Waals surface area contributed by atoms with Crippen molar-refractivity contribution in [3.63, 3.8) is 0 Å². The number of hydrogen-bond donors (Lipinski definition) is 4. The number of thiol groups is 1. The minimum atomic E-state index is -3.22. The van der Waals surface area contributed by atoms with Crippen LogP contribution in [0.25, 0.3) is 0 Å². The number of primary amides is 1. The Kier molecular flexibility index (Phi) is 3.11. The molecule has 0 saturated carbocycles. The monoisotopic (exact) mass is 181 g/mol. The molecule has 0 unspecified atom stereocenters. The molecule has 0 aliphatic carbocycles. The molecule has 9 heteroatoms. The summed E-state index contributed by atoms with van der Waals surface area (Å²) in [7, 11) is -3.22. The molecule has 64 valence electrons. The van der Waals surface area contributed by atoms with E-state index in [4.69, 9.17) is 11.5 Å². The third kappa shape index (κ3) is 3.25.